The molecule has 1 heterocycles. The molecular formula is C20H19N3O3S. The van der Waals surface area contributed by atoms with E-state index < -0.39 is 0 Å². The summed E-state index contributed by atoms with van der Waals surface area (Å²) in [4.78, 5) is 28.7. The van der Waals surface area contributed by atoms with E-state index in [0.29, 0.717) is 16.9 Å². The molecule has 0 saturated heterocycles. The van der Waals surface area contributed by atoms with E-state index in [1.165, 1.54) is 11.3 Å². The number of thiazole rings is 1. The summed E-state index contributed by atoms with van der Waals surface area (Å²) >= 11 is 1.52. The first-order valence-corrected chi connectivity index (χ1v) is 9.18. The van der Waals surface area contributed by atoms with Crippen molar-refractivity contribution in [2.45, 2.75) is 13.3 Å². The van der Waals surface area contributed by atoms with Crippen molar-refractivity contribution >= 4 is 34.5 Å². The number of ether oxygens (including phenoxy) is 1. The summed E-state index contributed by atoms with van der Waals surface area (Å²) < 4.78 is 5.09. The SMILES string of the molecule is COc1ccc(NC(=O)c2ccc(NC(=O)Cc3csc(C)n3)cc2)cc1. The van der Waals surface area contributed by atoms with Gasteiger partial charge in [-0.05, 0) is 55.5 Å². The first-order valence-electron chi connectivity index (χ1n) is 8.30. The van der Waals surface area contributed by atoms with Gasteiger partial charge in [0.15, 0.2) is 0 Å². The molecule has 0 radical (unpaired) electrons. The van der Waals surface area contributed by atoms with E-state index in [4.69, 9.17) is 4.74 Å². The number of methoxy groups -OCH3 is 1. The van der Waals surface area contributed by atoms with Crippen LogP contribution in [0.5, 0.6) is 5.75 Å². The molecule has 138 valence electrons. The molecule has 3 rings (SSSR count). The highest BCUT2D eigenvalue weighted by Crippen LogP contribution is 2.17. The number of nitrogens with one attached hydrogen (secondary N) is 2. The molecule has 0 aliphatic carbocycles. The van der Waals surface area contributed by atoms with Crippen LogP contribution in [0.1, 0.15) is 21.1 Å². The van der Waals surface area contributed by atoms with Crippen molar-refractivity contribution < 1.29 is 14.3 Å². The highest BCUT2D eigenvalue weighted by atomic mass is 32.1. The monoisotopic (exact) mass is 381 g/mol. The lowest BCUT2D eigenvalue weighted by atomic mass is 10.2. The van der Waals surface area contributed by atoms with Crippen molar-refractivity contribution in [2.24, 2.45) is 0 Å². The van der Waals surface area contributed by atoms with Crippen LogP contribution in [0.25, 0.3) is 0 Å². The Balaban J connectivity index is 1.57. The summed E-state index contributed by atoms with van der Waals surface area (Å²) in [6.45, 7) is 1.90. The lowest BCUT2D eigenvalue weighted by Crippen LogP contribution is -2.15. The number of hydrogen-bond acceptors (Lipinski definition) is 5. The predicted molar refractivity (Wildman–Crippen MR) is 107 cm³/mol. The molecule has 0 aliphatic rings. The quantitative estimate of drug-likeness (QED) is 0.679. The number of carbonyl (C=O) groups is 2. The number of benzene rings is 2. The third kappa shape index (κ3) is 5.15. The third-order valence-electron chi connectivity index (χ3n) is 3.79. The van der Waals surface area contributed by atoms with Crippen molar-refractivity contribution in [2.75, 3.05) is 17.7 Å². The van der Waals surface area contributed by atoms with Crippen LogP contribution >= 0.6 is 11.3 Å². The van der Waals surface area contributed by atoms with Gasteiger partial charge in [0, 0.05) is 22.3 Å². The van der Waals surface area contributed by atoms with E-state index in [0.717, 1.165) is 16.5 Å². The molecule has 0 atom stereocenters. The van der Waals surface area contributed by atoms with Gasteiger partial charge >= 0.3 is 0 Å². The topological polar surface area (TPSA) is 80.3 Å². The second-order valence-corrected chi connectivity index (χ2v) is 6.91. The molecule has 2 amide bonds. The van der Waals surface area contributed by atoms with Gasteiger partial charge in [0.1, 0.15) is 5.75 Å². The first kappa shape index (κ1) is 18.6. The minimum atomic E-state index is -0.226. The van der Waals surface area contributed by atoms with Gasteiger partial charge in [-0.15, -0.1) is 11.3 Å². The first-order chi connectivity index (χ1) is 13.0. The zero-order chi connectivity index (χ0) is 19.2. The molecule has 0 fully saturated rings. The molecule has 3 aromatic rings. The Bertz CT molecular complexity index is 934. The second kappa shape index (κ2) is 8.46. The fourth-order valence-electron chi connectivity index (χ4n) is 2.44. The van der Waals surface area contributed by atoms with Crippen molar-refractivity contribution in [1.82, 2.24) is 4.98 Å². The lowest BCUT2D eigenvalue weighted by molar-refractivity contribution is -0.115. The maximum Gasteiger partial charge on any atom is 0.255 e. The summed E-state index contributed by atoms with van der Waals surface area (Å²) in [5.74, 6) is 0.354. The number of aromatic nitrogens is 1. The Morgan fingerprint density at radius 2 is 1.63 bits per heavy atom. The van der Waals surface area contributed by atoms with E-state index in [1.54, 1.807) is 55.6 Å². The maximum atomic E-state index is 12.3. The summed E-state index contributed by atoms with van der Waals surface area (Å²) in [6.07, 6.45) is 0.226. The summed E-state index contributed by atoms with van der Waals surface area (Å²) in [5, 5.41) is 8.44. The zero-order valence-electron chi connectivity index (χ0n) is 15.0. The van der Waals surface area contributed by atoms with Crippen LogP contribution in [0.3, 0.4) is 0 Å². The van der Waals surface area contributed by atoms with Crippen LogP contribution < -0.4 is 15.4 Å². The van der Waals surface area contributed by atoms with Gasteiger partial charge in [-0.25, -0.2) is 4.98 Å². The molecule has 7 heteroatoms. The number of anilines is 2. The fraction of sp³-hybridized carbons (Fsp3) is 0.150. The molecule has 0 bridgehead atoms. The number of amides is 2. The molecule has 0 saturated carbocycles. The molecule has 2 aromatic carbocycles. The molecular weight excluding hydrogens is 362 g/mol. The van der Waals surface area contributed by atoms with Crippen molar-refractivity contribution in [3.63, 3.8) is 0 Å². The maximum absolute atomic E-state index is 12.3. The molecule has 0 unspecified atom stereocenters. The highest BCUT2D eigenvalue weighted by molar-refractivity contribution is 7.09. The average Bonchev–Trinajstić information content (AvgIpc) is 3.07. The highest BCUT2D eigenvalue weighted by Gasteiger charge is 2.09. The number of aryl methyl sites for hydroxylation is 1. The van der Waals surface area contributed by atoms with Crippen molar-refractivity contribution in [3.05, 3.63) is 70.2 Å². The van der Waals surface area contributed by atoms with Crippen LogP contribution in [0, 0.1) is 6.92 Å². The molecule has 1 aromatic heterocycles. The van der Waals surface area contributed by atoms with E-state index in [1.807, 2.05) is 12.3 Å². The van der Waals surface area contributed by atoms with Gasteiger partial charge in [0.2, 0.25) is 5.91 Å². The molecule has 27 heavy (non-hydrogen) atoms. The van der Waals surface area contributed by atoms with Crippen LogP contribution in [-0.4, -0.2) is 23.9 Å². The van der Waals surface area contributed by atoms with Gasteiger partial charge in [-0.1, -0.05) is 0 Å². The van der Waals surface area contributed by atoms with Gasteiger partial charge in [0.25, 0.3) is 5.91 Å². The number of nitrogens with zero attached hydrogens (tertiary/aromatic N) is 1. The van der Waals surface area contributed by atoms with Gasteiger partial charge in [-0.2, -0.15) is 0 Å². The number of carbonyl (C=O) groups excluding carboxylic acids is 2. The Morgan fingerprint density at radius 1 is 1.00 bits per heavy atom. The van der Waals surface area contributed by atoms with Gasteiger partial charge < -0.3 is 15.4 Å². The molecule has 6 nitrogen and oxygen atoms in total. The summed E-state index contributed by atoms with van der Waals surface area (Å²) in [6, 6.07) is 13.8. The molecule has 0 spiro atoms. The molecule has 0 aliphatic heterocycles. The van der Waals surface area contributed by atoms with Crippen molar-refractivity contribution in [3.8, 4) is 5.75 Å². The number of hydrogen-bond donors (Lipinski definition) is 2. The minimum Gasteiger partial charge on any atom is -0.497 e. The van der Waals surface area contributed by atoms with Crippen LogP contribution in [0.2, 0.25) is 0 Å². The van der Waals surface area contributed by atoms with E-state index in [9.17, 15) is 9.59 Å². The van der Waals surface area contributed by atoms with Gasteiger partial charge in [-0.3, -0.25) is 9.59 Å². The zero-order valence-corrected chi connectivity index (χ0v) is 15.8. The lowest BCUT2D eigenvalue weighted by Gasteiger charge is -2.08. The standard InChI is InChI=1S/C20H19N3O3S/c1-13-21-17(12-27-13)11-19(24)22-15-5-3-14(4-6-15)20(25)23-16-7-9-18(26-2)10-8-16/h3-10,12H,11H2,1-2H3,(H,22,24)(H,23,25). The summed E-state index contributed by atoms with van der Waals surface area (Å²) in [5.41, 5.74) is 2.56. The van der Waals surface area contributed by atoms with Crippen molar-refractivity contribution in [1.29, 1.82) is 0 Å². The Morgan fingerprint density at radius 3 is 2.22 bits per heavy atom. The predicted octanol–water partition coefficient (Wildman–Crippen LogP) is 3.89. The normalized spacial score (nSPS) is 10.3. The average molecular weight is 381 g/mol. The smallest absolute Gasteiger partial charge is 0.255 e. The Hall–Kier alpha value is -3.19. The van der Waals surface area contributed by atoms with E-state index >= 15 is 0 Å². The third-order valence-corrected chi connectivity index (χ3v) is 4.61. The largest absolute Gasteiger partial charge is 0.497 e. The van der Waals surface area contributed by atoms with E-state index in [2.05, 4.69) is 15.6 Å². The van der Waals surface area contributed by atoms with Crippen LogP contribution in [0.15, 0.2) is 53.9 Å². The number of rotatable bonds is 6. The van der Waals surface area contributed by atoms with E-state index in [-0.39, 0.29) is 18.2 Å². The second-order valence-electron chi connectivity index (χ2n) is 5.84. The van der Waals surface area contributed by atoms with Crippen LogP contribution in [0.4, 0.5) is 11.4 Å². The van der Waals surface area contributed by atoms with Crippen LogP contribution in [-0.2, 0) is 11.2 Å². The Labute approximate surface area is 161 Å². The van der Waals surface area contributed by atoms with Gasteiger partial charge in [0.05, 0.1) is 24.2 Å². The Kier molecular flexibility index (Phi) is 5.83. The molecule has 2 N–H and O–H groups in total. The fourth-order valence-corrected chi connectivity index (χ4v) is 3.05. The summed E-state index contributed by atoms with van der Waals surface area (Å²) in [7, 11) is 1.59. The minimum absolute atomic E-state index is 0.143.